The van der Waals surface area contributed by atoms with Crippen molar-refractivity contribution in [2.75, 3.05) is 18.5 Å². The van der Waals surface area contributed by atoms with E-state index in [4.69, 9.17) is 10.5 Å². The maximum atomic E-state index is 11.3. The van der Waals surface area contributed by atoms with E-state index in [1.54, 1.807) is 0 Å². The lowest BCUT2D eigenvalue weighted by Gasteiger charge is -2.25. The average molecular weight is 248 g/mol. The van der Waals surface area contributed by atoms with Gasteiger partial charge in [-0.1, -0.05) is 19.9 Å². The van der Waals surface area contributed by atoms with Gasteiger partial charge in [-0.3, -0.25) is 4.79 Å². The van der Waals surface area contributed by atoms with Crippen molar-refractivity contribution in [3.63, 3.8) is 0 Å². The number of nitrogens with one attached hydrogen (secondary N) is 1. The van der Waals surface area contributed by atoms with Crippen LogP contribution in [0.15, 0.2) is 18.2 Å². The molecule has 0 unspecified atom stereocenters. The molecule has 0 aliphatic carbocycles. The van der Waals surface area contributed by atoms with E-state index >= 15 is 0 Å². The van der Waals surface area contributed by atoms with Gasteiger partial charge in [0.05, 0.1) is 5.69 Å². The SMILES string of the molecule is CC(C)(CCN)Cc1ccc2c(c1)NC(=O)CO2. The minimum absolute atomic E-state index is 0.0964. The zero-order valence-corrected chi connectivity index (χ0v) is 11.0. The largest absolute Gasteiger partial charge is 0.482 e. The molecular formula is C14H20N2O2. The van der Waals surface area contributed by atoms with Crippen LogP contribution in [0.2, 0.25) is 0 Å². The second kappa shape index (κ2) is 4.98. The molecule has 1 aromatic rings. The van der Waals surface area contributed by atoms with Gasteiger partial charge in [-0.15, -0.1) is 0 Å². The molecule has 0 fully saturated rings. The fourth-order valence-electron chi connectivity index (χ4n) is 2.27. The van der Waals surface area contributed by atoms with E-state index in [0.29, 0.717) is 6.54 Å². The first kappa shape index (κ1) is 12.9. The lowest BCUT2D eigenvalue weighted by Crippen LogP contribution is -2.25. The van der Waals surface area contributed by atoms with Gasteiger partial charge >= 0.3 is 0 Å². The van der Waals surface area contributed by atoms with Crippen LogP contribution in [-0.2, 0) is 11.2 Å². The summed E-state index contributed by atoms with van der Waals surface area (Å²) >= 11 is 0. The van der Waals surface area contributed by atoms with Gasteiger partial charge in [0, 0.05) is 0 Å². The van der Waals surface area contributed by atoms with Gasteiger partial charge in [-0.25, -0.2) is 0 Å². The van der Waals surface area contributed by atoms with Gasteiger partial charge in [0.25, 0.3) is 5.91 Å². The first-order valence-corrected chi connectivity index (χ1v) is 6.26. The van der Waals surface area contributed by atoms with Crippen molar-refractivity contribution in [2.45, 2.75) is 26.7 Å². The van der Waals surface area contributed by atoms with Crippen molar-refractivity contribution in [3.05, 3.63) is 23.8 Å². The molecule has 0 bridgehead atoms. The predicted molar refractivity (Wildman–Crippen MR) is 71.7 cm³/mol. The van der Waals surface area contributed by atoms with Crippen LogP contribution in [0.3, 0.4) is 0 Å². The average Bonchev–Trinajstić information content (AvgIpc) is 2.27. The number of nitrogens with two attached hydrogens (primary N) is 1. The van der Waals surface area contributed by atoms with Gasteiger partial charge < -0.3 is 15.8 Å². The molecule has 1 heterocycles. The number of amides is 1. The van der Waals surface area contributed by atoms with Crippen molar-refractivity contribution < 1.29 is 9.53 Å². The summed E-state index contributed by atoms with van der Waals surface area (Å²) in [6.45, 7) is 5.20. The van der Waals surface area contributed by atoms with Crippen molar-refractivity contribution in [1.29, 1.82) is 0 Å². The smallest absolute Gasteiger partial charge is 0.262 e. The van der Waals surface area contributed by atoms with Gasteiger partial charge in [-0.05, 0) is 42.5 Å². The van der Waals surface area contributed by atoms with E-state index in [1.807, 2.05) is 12.1 Å². The molecule has 18 heavy (non-hydrogen) atoms. The quantitative estimate of drug-likeness (QED) is 0.855. The third-order valence-electron chi connectivity index (χ3n) is 3.18. The molecule has 0 atom stereocenters. The van der Waals surface area contributed by atoms with Crippen LogP contribution in [0.25, 0.3) is 0 Å². The summed E-state index contributed by atoms with van der Waals surface area (Å²) in [5, 5.41) is 2.83. The number of hydrogen-bond donors (Lipinski definition) is 2. The number of benzene rings is 1. The summed E-state index contributed by atoms with van der Waals surface area (Å²) in [4.78, 5) is 11.3. The second-order valence-corrected chi connectivity index (χ2v) is 5.55. The topological polar surface area (TPSA) is 64.3 Å². The number of anilines is 1. The highest BCUT2D eigenvalue weighted by molar-refractivity contribution is 5.95. The third-order valence-corrected chi connectivity index (χ3v) is 3.18. The first-order chi connectivity index (χ1) is 8.50. The summed E-state index contributed by atoms with van der Waals surface area (Å²) in [7, 11) is 0. The van der Waals surface area contributed by atoms with Crippen LogP contribution in [0, 0.1) is 5.41 Å². The molecule has 4 nitrogen and oxygen atoms in total. The van der Waals surface area contributed by atoms with Gasteiger partial charge in [-0.2, -0.15) is 0 Å². The first-order valence-electron chi connectivity index (χ1n) is 6.26. The molecular weight excluding hydrogens is 228 g/mol. The van der Waals surface area contributed by atoms with Crippen LogP contribution >= 0.6 is 0 Å². The van der Waals surface area contributed by atoms with Crippen molar-refractivity contribution in [3.8, 4) is 5.75 Å². The normalized spacial score (nSPS) is 14.7. The fourth-order valence-corrected chi connectivity index (χ4v) is 2.27. The molecule has 0 aromatic heterocycles. The minimum Gasteiger partial charge on any atom is -0.482 e. The molecule has 2 rings (SSSR count). The molecule has 1 aromatic carbocycles. The molecule has 1 aliphatic rings. The van der Waals surface area contributed by atoms with Crippen molar-refractivity contribution in [1.82, 2.24) is 0 Å². The van der Waals surface area contributed by atoms with Crippen molar-refractivity contribution >= 4 is 11.6 Å². The monoisotopic (exact) mass is 248 g/mol. The fraction of sp³-hybridized carbons (Fsp3) is 0.500. The molecule has 1 aliphatic heterocycles. The van der Waals surface area contributed by atoms with Crippen LogP contribution < -0.4 is 15.8 Å². The molecule has 98 valence electrons. The van der Waals surface area contributed by atoms with Crippen LogP contribution in [0.1, 0.15) is 25.8 Å². The van der Waals surface area contributed by atoms with E-state index in [2.05, 4.69) is 25.2 Å². The summed E-state index contributed by atoms with van der Waals surface area (Å²) < 4.78 is 5.34. The molecule has 4 heteroatoms. The summed E-state index contributed by atoms with van der Waals surface area (Å²) in [5.74, 6) is 0.649. The number of hydrogen-bond acceptors (Lipinski definition) is 3. The summed E-state index contributed by atoms with van der Waals surface area (Å²) in [6.07, 6.45) is 1.92. The summed E-state index contributed by atoms with van der Waals surface area (Å²) in [5.41, 5.74) is 7.75. The van der Waals surface area contributed by atoms with Crippen LogP contribution in [0.4, 0.5) is 5.69 Å². The predicted octanol–water partition coefficient (Wildman–Crippen LogP) is 1.94. The Kier molecular flexibility index (Phi) is 3.57. The van der Waals surface area contributed by atoms with Crippen LogP contribution in [-0.4, -0.2) is 19.1 Å². The molecule has 0 radical (unpaired) electrons. The molecule has 0 saturated carbocycles. The number of ether oxygens (including phenoxy) is 1. The lowest BCUT2D eigenvalue weighted by atomic mass is 9.82. The highest BCUT2D eigenvalue weighted by Gasteiger charge is 2.20. The maximum absolute atomic E-state index is 11.3. The molecule has 0 spiro atoms. The molecule has 1 amide bonds. The Labute approximate surface area is 108 Å². The summed E-state index contributed by atoms with van der Waals surface area (Å²) in [6, 6.07) is 5.96. The second-order valence-electron chi connectivity index (χ2n) is 5.55. The van der Waals surface area contributed by atoms with Gasteiger partial charge in [0.2, 0.25) is 0 Å². The van der Waals surface area contributed by atoms with Crippen LogP contribution in [0.5, 0.6) is 5.75 Å². The zero-order valence-electron chi connectivity index (χ0n) is 11.0. The van der Waals surface area contributed by atoms with Gasteiger partial charge in [0.15, 0.2) is 6.61 Å². The zero-order chi connectivity index (χ0) is 13.2. The number of rotatable bonds is 4. The van der Waals surface area contributed by atoms with E-state index in [-0.39, 0.29) is 17.9 Å². The van der Waals surface area contributed by atoms with Gasteiger partial charge in [0.1, 0.15) is 5.75 Å². The molecule has 3 N–H and O–H groups in total. The Morgan fingerprint density at radius 3 is 2.94 bits per heavy atom. The van der Waals surface area contributed by atoms with E-state index in [1.165, 1.54) is 5.56 Å². The Morgan fingerprint density at radius 2 is 2.22 bits per heavy atom. The highest BCUT2D eigenvalue weighted by atomic mass is 16.5. The Morgan fingerprint density at radius 1 is 1.44 bits per heavy atom. The van der Waals surface area contributed by atoms with E-state index < -0.39 is 0 Å². The standard InChI is InChI=1S/C14H20N2O2/c1-14(2,5-6-15)8-10-3-4-12-11(7-10)16-13(17)9-18-12/h3-4,7H,5-6,8-9,15H2,1-2H3,(H,16,17). The third kappa shape index (κ3) is 3.01. The van der Waals surface area contributed by atoms with Crippen molar-refractivity contribution in [2.24, 2.45) is 11.1 Å². The highest BCUT2D eigenvalue weighted by Crippen LogP contribution is 2.32. The minimum atomic E-state index is -0.0964. The Hall–Kier alpha value is -1.55. The number of fused-ring (bicyclic) bond motifs is 1. The maximum Gasteiger partial charge on any atom is 0.262 e. The van der Waals surface area contributed by atoms with E-state index in [9.17, 15) is 4.79 Å². The van der Waals surface area contributed by atoms with E-state index in [0.717, 1.165) is 24.3 Å². The lowest BCUT2D eigenvalue weighted by molar-refractivity contribution is -0.118. The number of carbonyl (C=O) groups excluding carboxylic acids is 1. The Balaban J connectivity index is 2.16. The molecule has 0 saturated heterocycles. The Bertz CT molecular complexity index is 455. The number of carbonyl (C=O) groups is 1.